The lowest BCUT2D eigenvalue weighted by Crippen LogP contribution is -2.46. The smallest absolute Gasteiger partial charge is 0.257 e. The SMILES string of the molecule is CCCN1C[C@H](C)[C@H](OC)CN(C)C(=O)c2ccc(NC(=O)c3ccc(F)cc3)cc2OC[C@H]1C. The average Bonchev–Trinajstić information content (AvgIpc) is 2.84. The molecule has 0 saturated heterocycles. The molecule has 1 aliphatic rings. The van der Waals surface area contributed by atoms with Crippen molar-refractivity contribution in [3.05, 3.63) is 59.4 Å². The third-order valence-corrected chi connectivity index (χ3v) is 6.45. The highest BCUT2D eigenvalue weighted by Gasteiger charge is 2.28. The predicted molar refractivity (Wildman–Crippen MR) is 135 cm³/mol. The number of ether oxygens (including phenoxy) is 2. The Morgan fingerprint density at radius 2 is 1.89 bits per heavy atom. The number of amides is 2. The molecule has 0 aliphatic carbocycles. The van der Waals surface area contributed by atoms with Crippen LogP contribution in [0.4, 0.5) is 10.1 Å². The van der Waals surface area contributed by atoms with Crippen molar-refractivity contribution in [3.8, 4) is 5.75 Å². The van der Waals surface area contributed by atoms with Crippen LogP contribution in [0.1, 0.15) is 47.9 Å². The van der Waals surface area contributed by atoms with Gasteiger partial charge < -0.3 is 19.7 Å². The Morgan fingerprint density at radius 1 is 1.17 bits per heavy atom. The fourth-order valence-corrected chi connectivity index (χ4v) is 4.33. The molecule has 0 bridgehead atoms. The first-order valence-corrected chi connectivity index (χ1v) is 12.1. The van der Waals surface area contributed by atoms with E-state index in [1.54, 1.807) is 37.3 Å². The highest BCUT2D eigenvalue weighted by Crippen LogP contribution is 2.27. The van der Waals surface area contributed by atoms with E-state index in [1.807, 2.05) is 0 Å². The molecule has 2 aromatic rings. The molecule has 3 rings (SSSR count). The number of nitrogens with one attached hydrogen (secondary N) is 1. The minimum Gasteiger partial charge on any atom is -0.491 e. The Balaban J connectivity index is 1.90. The van der Waals surface area contributed by atoms with E-state index in [0.717, 1.165) is 19.5 Å². The summed E-state index contributed by atoms with van der Waals surface area (Å²) in [5, 5.41) is 2.81. The van der Waals surface area contributed by atoms with Gasteiger partial charge in [0.2, 0.25) is 0 Å². The quantitative estimate of drug-likeness (QED) is 0.684. The van der Waals surface area contributed by atoms with Crippen molar-refractivity contribution in [2.75, 3.05) is 45.7 Å². The van der Waals surface area contributed by atoms with Crippen molar-refractivity contribution in [2.45, 2.75) is 39.3 Å². The van der Waals surface area contributed by atoms with Crippen molar-refractivity contribution >= 4 is 17.5 Å². The van der Waals surface area contributed by atoms with E-state index < -0.39 is 5.82 Å². The van der Waals surface area contributed by atoms with Crippen molar-refractivity contribution < 1.29 is 23.5 Å². The van der Waals surface area contributed by atoms with Gasteiger partial charge in [0.15, 0.2) is 0 Å². The summed E-state index contributed by atoms with van der Waals surface area (Å²) >= 11 is 0. The standard InChI is InChI=1S/C27H36FN3O4/c1-6-13-31-15-18(2)25(34-5)16-30(4)27(33)23-12-11-22(14-24(23)35-17-19(31)3)29-26(32)20-7-9-21(28)10-8-20/h7-12,14,18-19,25H,6,13,15-17H2,1-5H3,(H,29,32)/t18-,19+,25+/m0/s1. The molecule has 0 unspecified atom stereocenters. The van der Waals surface area contributed by atoms with Gasteiger partial charge in [-0.25, -0.2) is 4.39 Å². The lowest BCUT2D eigenvalue weighted by atomic mass is 10.0. The van der Waals surface area contributed by atoms with Gasteiger partial charge in [-0.2, -0.15) is 0 Å². The molecule has 1 aliphatic heterocycles. The van der Waals surface area contributed by atoms with Gasteiger partial charge in [0.1, 0.15) is 18.2 Å². The van der Waals surface area contributed by atoms with Crippen LogP contribution in [0.2, 0.25) is 0 Å². The molecule has 0 radical (unpaired) electrons. The molecule has 1 N–H and O–H groups in total. The first kappa shape index (κ1) is 26.6. The van der Waals surface area contributed by atoms with Crippen LogP contribution < -0.4 is 10.1 Å². The molecule has 7 nitrogen and oxygen atoms in total. The molecule has 3 atom stereocenters. The van der Waals surface area contributed by atoms with Crippen LogP contribution in [0.25, 0.3) is 0 Å². The zero-order chi connectivity index (χ0) is 25.5. The number of nitrogens with zero attached hydrogens (tertiary/aromatic N) is 2. The normalized spacial score (nSPS) is 21.9. The second-order valence-corrected chi connectivity index (χ2v) is 9.26. The zero-order valence-corrected chi connectivity index (χ0v) is 21.2. The van der Waals surface area contributed by atoms with Gasteiger partial charge in [0.05, 0.1) is 11.7 Å². The molecule has 2 amide bonds. The molecule has 2 aromatic carbocycles. The van der Waals surface area contributed by atoms with E-state index in [9.17, 15) is 14.0 Å². The van der Waals surface area contributed by atoms with Gasteiger partial charge in [-0.05, 0) is 62.2 Å². The van der Waals surface area contributed by atoms with Gasteiger partial charge >= 0.3 is 0 Å². The van der Waals surface area contributed by atoms with E-state index in [0.29, 0.717) is 35.7 Å². The first-order chi connectivity index (χ1) is 16.7. The summed E-state index contributed by atoms with van der Waals surface area (Å²) in [5.74, 6) is -0.323. The molecule has 0 fully saturated rings. The van der Waals surface area contributed by atoms with Crippen LogP contribution in [0, 0.1) is 11.7 Å². The van der Waals surface area contributed by atoms with Gasteiger partial charge in [-0.1, -0.05) is 13.8 Å². The molecule has 0 spiro atoms. The summed E-state index contributed by atoms with van der Waals surface area (Å²) in [7, 11) is 3.44. The maximum Gasteiger partial charge on any atom is 0.257 e. The van der Waals surface area contributed by atoms with Crippen molar-refractivity contribution in [3.63, 3.8) is 0 Å². The number of likely N-dealkylation sites (N-methyl/N-ethyl adjacent to an activating group) is 1. The molecule has 0 saturated carbocycles. The fraction of sp³-hybridized carbons (Fsp3) is 0.481. The number of benzene rings is 2. The number of anilines is 1. The summed E-state index contributed by atoms with van der Waals surface area (Å²) < 4.78 is 25.1. The van der Waals surface area contributed by atoms with Gasteiger partial charge in [-0.3, -0.25) is 14.5 Å². The van der Waals surface area contributed by atoms with E-state index >= 15 is 0 Å². The molecule has 8 heteroatoms. The second-order valence-electron chi connectivity index (χ2n) is 9.26. The van der Waals surface area contributed by atoms with E-state index in [-0.39, 0.29) is 29.9 Å². The minimum atomic E-state index is -0.409. The highest BCUT2D eigenvalue weighted by atomic mass is 19.1. The topological polar surface area (TPSA) is 71.1 Å². The van der Waals surface area contributed by atoms with Gasteiger partial charge in [0.25, 0.3) is 11.8 Å². The third-order valence-electron chi connectivity index (χ3n) is 6.45. The molecule has 35 heavy (non-hydrogen) atoms. The van der Waals surface area contributed by atoms with Crippen molar-refractivity contribution in [1.29, 1.82) is 0 Å². The highest BCUT2D eigenvalue weighted by molar-refractivity contribution is 6.05. The van der Waals surface area contributed by atoms with Crippen LogP contribution in [-0.4, -0.2) is 74.2 Å². The molecule has 0 aromatic heterocycles. The summed E-state index contributed by atoms with van der Waals surface area (Å²) in [5.41, 5.74) is 1.24. The zero-order valence-electron chi connectivity index (χ0n) is 21.2. The third kappa shape index (κ3) is 6.80. The van der Waals surface area contributed by atoms with E-state index in [1.165, 1.54) is 24.3 Å². The number of halogens is 1. The largest absolute Gasteiger partial charge is 0.491 e. The Kier molecular flexibility index (Phi) is 9.23. The Morgan fingerprint density at radius 3 is 2.54 bits per heavy atom. The number of fused-ring (bicyclic) bond motifs is 1. The van der Waals surface area contributed by atoms with Gasteiger partial charge in [-0.15, -0.1) is 0 Å². The van der Waals surface area contributed by atoms with Crippen molar-refractivity contribution in [2.24, 2.45) is 5.92 Å². The minimum absolute atomic E-state index is 0.103. The van der Waals surface area contributed by atoms with Crippen LogP contribution in [-0.2, 0) is 4.74 Å². The van der Waals surface area contributed by atoms with Gasteiger partial charge in [0, 0.05) is 50.6 Å². The molecular weight excluding hydrogens is 449 g/mol. The van der Waals surface area contributed by atoms with Crippen LogP contribution in [0.3, 0.4) is 0 Å². The number of hydrogen-bond acceptors (Lipinski definition) is 5. The predicted octanol–water partition coefficient (Wildman–Crippen LogP) is 4.29. The monoisotopic (exact) mass is 485 g/mol. The van der Waals surface area contributed by atoms with E-state index in [2.05, 4.69) is 31.0 Å². The number of rotatable bonds is 5. The Hall–Kier alpha value is -2.97. The lowest BCUT2D eigenvalue weighted by Gasteiger charge is -2.35. The molecular formula is C27H36FN3O4. The fourth-order valence-electron chi connectivity index (χ4n) is 4.33. The summed E-state index contributed by atoms with van der Waals surface area (Å²) in [6, 6.07) is 10.4. The second kappa shape index (κ2) is 12.1. The average molecular weight is 486 g/mol. The maximum atomic E-state index is 13.3. The summed E-state index contributed by atoms with van der Waals surface area (Å²) in [6.07, 6.45) is 0.914. The van der Waals surface area contributed by atoms with Crippen molar-refractivity contribution in [1.82, 2.24) is 9.80 Å². The number of carbonyl (C=O) groups is 2. The maximum absolute atomic E-state index is 13.3. The number of carbonyl (C=O) groups excluding carboxylic acids is 2. The number of methoxy groups -OCH3 is 1. The van der Waals surface area contributed by atoms with Crippen LogP contribution >= 0.6 is 0 Å². The first-order valence-electron chi connectivity index (χ1n) is 12.1. The number of hydrogen-bond donors (Lipinski definition) is 1. The Labute approximate surface area is 207 Å². The summed E-state index contributed by atoms with van der Waals surface area (Å²) in [6.45, 7) is 9.03. The summed E-state index contributed by atoms with van der Waals surface area (Å²) in [4.78, 5) is 30.0. The molecule has 190 valence electrons. The lowest BCUT2D eigenvalue weighted by molar-refractivity contribution is 0.0108. The Bertz CT molecular complexity index is 1010. The van der Waals surface area contributed by atoms with Crippen LogP contribution in [0.5, 0.6) is 5.75 Å². The van der Waals surface area contributed by atoms with Crippen LogP contribution in [0.15, 0.2) is 42.5 Å². The van der Waals surface area contributed by atoms with E-state index in [4.69, 9.17) is 9.47 Å². The molecule has 1 heterocycles.